The lowest BCUT2D eigenvalue weighted by Gasteiger charge is -2.27. The molecule has 0 radical (unpaired) electrons. The summed E-state index contributed by atoms with van der Waals surface area (Å²) in [5, 5.41) is 6.80. The van der Waals surface area contributed by atoms with Gasteiger partial charge in [-0.25, -0.2) is 0 Å². The van der Waals surface area contributed by atoms with E-state index in [1.54, 1.807) is 11.3 Å². The first-order chi connectivity index (χ1) is 8.65. The number of fused-ring (bicyclic) bond motifs is 1. The summed E-state index contributed by atoms with van der Waals surface area (Å²) in [5.41, 5.74) is 7.80. The third-order valence-electron chi connectivity index (χ3n) is 3.63. The van der Waals surface area contributed by atoms with E-state index in [2.05, 4.69) is 48.8 Å². The molecule has 1 aromatic carbocycles. The van der Waals surface area contributed by atoms with Crippen molar-refractivity contribution in [2.75, 3.05) is 13.6 Å². The lowest BCUT2D eigenvalue weighted by molar-refractivity contribution is 0.316. The predicted octanol–water partition coefficient (Wildman–Crippen LogP) is 3.39. The van der Waals surface area contributed by atoms with Gasteiger partial charge in [0, 0.05) is 10.7 Å². The van der Waals surface area contributed by atoms with Gasteiger partial charge in [0.25, 0.3) is 0 Å². The molecule has 1 heterocycles. The Morgan fingerprint density at radius 2 is 2.00 bits per heavy atom. The quantitative estimate of drug-likeness (QED) is 0.867. The Morgan fingerprint density at radius 1 is 1.28 bits per heavy atom. The molecular formula is C15H22N2S. The maximum absolute atomic E-state index is 6.50. The van der Waals surface area contributed by atoms with E-state index in [-0.39, 0.29) is 6.04 Å². The van der Waals surface area contributed by atoms with Crippen LogP contribution in [0.15, 0.2) is 29.6 Å². The minimum absolute atomic E-state index is 0.105. The second kappa shape index (κ2) is 5.83. The van der Waals surface area contributed by atoms with E-state index in [1.165, 1.54) is 15.6 Å². The van der Waals surface area contributed by atoms with Crippen LogP contribution in [0.25, 0.3) is 10.1 Å². The molecule has 2 rings (SSSR count). The van der Waals surface area contributed by atoms with Gasteiger partial charge in [-0.05, 0) is 47.8 Å². The Morgan fingerprint density at radius 3 is 2.67 bits per heavy atom. The first-order valence-electron chi connectivity index (χ1n) is 6.51. The summed E-state index contributed by atoms with van der Waals surface area (Å²) in [6.07, 6.45) is 0. The number of benzene rings is 1. The average Bonchev–Trinajstić information content (AvgIpc) is 2.78. The van der Waals surface area contributed by atoms with Crippen molar-refractivity contribution in [2.24, 2.45) is 17.6 Å². The summed E-state index contributed by atoms with van der Waals surface area (Å²) in [6, 6.07) is 8.62. The van der Waals surface area contributed by atoms with Crippen LogP contribution in [0, 0.1) is 11.8 Å². The molecule has 0 fully saturated rings. The monoisotopic (exact) mass is 262 g/mol. The van der Waals surface area contributed by atoms with Crippen molar-refractivity contribution in [2.45, 2.75) is 19.9 Å². The highest BCUT2D eigenvalue weighted by Gasteiger charge is 2.24. The minimum Gasteiger partial charge on any atom is -0.324 e. The fraction of sp³-hybridized carbons (Fsp3) is 0.467. The van der Waals surface area contributed by atoms with Gasteiger partial charge in [0.05, 0.1) is 0 Å². The maximum atomic E-state index is 6.50. The number of hydrogen-bond donors (Lipinski definition) is 2. The normalized spacial score (nSPS) is 15.2. The number of thiophene rings is 1. The van der Waals surface area contributed by atoms with E-state index in [0.717, 1.165) is 6.54 Å². The first kappa shape index (κ1) is 13.5. The Kier molecular flexibility index (Phi) is 4.38. The summed E-state index contributed by atoms with van der Waals surface area (Å²) in [4.78, 5) is 0. The van der Waals surface area contributed by atoms with E-state index in [0.29, 0.717) is 11.8 Å². The van der Waals surface area contributed by atoms with Crippen LogP contribution in [0.2, 0.25) is 0 Å². The van der Waals surface area contributed by atoms with Crippen molar-refractivity contribution in [1.82, 2.24) is 5.32 Å². The Hall–Kier alpha value is -0.900. The molecule has 18 heavy (non-hydrogen) atoms. The highest BCUT2D eigenvalue weighted by atomic mass is 32.1. The van der Waals surface area contributed by atoms with E-state index >= 15 is 0 Å². The zero-order chi connectivity index (χ0) is 13.1. The van der Waals surface area contributed by atoms with Gasteiger partial charge in [-0.15, -0.1) is 11.3 Å². The zero-order valence-electron chi connectivity index (χ0n) is 11.3. The summed E-state index contributed by atoms with van der Waals surface area (Å²) in [5.74, 6) is 1.04. The number of hydrogen-bond acceptors (Lipinski definition) is 3. The van der Waals surface area contributed by atoms with Crippen molar-refractivity contribution in [1.29, 1.82) is 0 Å². The first-order valence-corrected chi connectivity index (χ1v) is 7.39. The second-order valence-electron chi connectivity index (χ2n) is 5.18. The lowest BCUT2D eigenvalue weighted by Crippen LogP contribution is -2.33. The molecule has 0 spiro atoms. The molecule has 1 aromatic heterocycles. The van der Waals surface area contributed by atoms with E-state index in [9.17, 15) is 0 Å². The van der Waals surface area contributed by atoms with Crippen molar-refractivity contribution in [3.05, 3.63) is 35.2 Å². The van der Waals surface area contributed by atoms with Crippen molar-refractivity contribution >= 4 is 21.4 Å². The van der Waals surface area contributed by atoms with Gasteiger partial charge in [-0.1, -0.05) is 32.0 Å². The van der Waals surface area contributed by atoms with Gasteiger partial charge in [0.1, 0.15) is 0 Å². The average molecular weight is 262 g/mol. The predicted molar refractivity (Wildman–Crippen MR) is 81.0 cm³/mol. The summed E-state index contributed by atoms with van der Waals surface area (Å²) >= 11 is 1.79. The second-order valence-corrected chi connectivity index (χ2v) is 6.09. The molecule has 2 atom stereocenters. The zero-order valence-corrected chi connectivity index (χ0v) is 12.1. The number of nitrogens with two attached hydrogens (primary N) is 1. The van der Waals surface area contributed by atoms with Crippen molar-refractivity contribution in [3.8, 4) is 0 Å². The smallest absolute Gasteiger partial charge is 0.0352 e. The van der Waals surface area contributed by atoms with E-state index < -0.39 is 0 Å². The van der Waals surface area contributed by atoms with E-state index in [1.807, 2.05) is 7.05 Å². The van der Waals surface area contributed by atoms with Crippen LogP contribution in [0.5, 0.6) is 0 Å². The molecule has 3 heteroatoms. The van der Waals surface area contributed by atoms with Crippen LogP contribution in [-0.4, -0.2) is 13.6 Å². The molecule has 0 bridgehead atoms. The largest absolute Gasteiger partial charge is 0.324 e. The van der Waals surface area contributed by atoms with Crippen LogP contribution in [0.4, 0.5) is 0 Å². The Bertz CT molecular complexity index is 504. The Labute approximate surface area is 113 Å². The third-order valence-corrected chi connectivity index (χ3v) is 4.61. The van der Waals surface area contributed by atoms with Gasteiger partial charge in [-0.3, -0.25) is 0 Å². The fourth-order valence-electron chi connectivity index (χ4n) is 2.50. The Balaban J connectivity index is 2.34. The molecule has 2 aromatic rings. The summed E-state index contributed by atoms with van der Waals surface area (Å²) < 4.78 is 1.33. The summed E-state index contributed by atoms with van der Waals surface area (Å²) in [6.45, 7) is 5.45. The number of rotatable bonds is 5. The molecule has 3 N–H and O–H groups in total. The van der Waals surface area contributed by atoms with Crippen LogP contribution in [0.3, 0.4) is 0 Å². The standard InChI is InChI=1S/C15H22N2S/c1-10(2)12(8-17-3)15(16)13-9-18-14-7-5-4-6-11(13)14/h4-7,9-10,12,15,17H,8,16H2,1-3H3. The molecule has 0 aliphatic rings. The summed E-state index contributed by atoms with van der Waals surface area (Å²) in [7, 11) is 1.99. The van der Waals surface area contributed by atoms with Crippen LogP contribution >= 0.6 is 11.3 Å². The van der Waals surface area contributed by atoms with Crippen LogP contribution < -0.4 is 11.1 Å². The molecule has 2 unspecified atom stereocenters. The molecule has 0 amide bonds. The highest BCUT2D eigenvalue weighted by Crippen LogP contribution is 2.34. The van der Waals surface area contributed by atoms with Gasteiger partial charge in [0.15, 0.2) is 0 Å². The van der Waals surface area contributed by atoms with Crippen LogP contribution in [0.1, 0.15) is 25.5 Å². The molecular weight excluding hydrogens is 240 g/mol. The van der Waals surface area contributed by atoms with Gasteiger partial charge in [0.2, 0.25) is 0 Å². The van der Waals surface area contributed by atoms with Gasteiger partial charge in [-0.2, -0.15) is 0 Å². The SMILES string of the molecule is CNCC(C(C)C)C(N)c1csc2ccccc12. The molecule has 2 nitrogen and oxygen atoms in total. The molecule has 98 valence electrons. The molecule has 0 saturated carbocycles. The minimum atomic E-state index is 0.105. The van der Waals surface area contributed by atoms with Crippen LogP contribution in [-0.2, 0) is 0 Å². The third kappa shape index (κ3) is 2.58. The highest BCUT2D eigenvalue weighted by molar-refractivity contribution is 7.17. The molecule has 0 aliphatic carbocycles. The fourth-order valence-corrected chi connectivity index (χ4v) is 3.51. The van der Waals surface area contributed by atoms with E-state index in [4.69, 9.17) is 5.73 Å². The molecule has 0 saturated heterocycles. The number of nitrogens with one attached hydrogen (secondary N) is 1. The maximum Gasteiger partial charge on any atom is 0.0352 e. The van der Waals surface area contributed by atoms with Crippen molar-refractivity contribution in [3.63, 3.8) is 0 Å². The molecule has 0 aliphatic heterocycles. The van der Waals surface area contributed by atoms with Gasteiger partial charge >= 0.3 is 0 Å². The lowest BCUT2D eigenvalue weighted by atomic mass is 9.85. The topological polar surface area (TPSA) is 38.0 Å². The van der Waals surface area contributed by atoms with Crippen molar-refractivity contribution < 1.29 is 0 Å². The van der Waals surface area contributed by atoms with Gasteiger partial charge < -0.3 is 11.1 Å².